The monoisotopic (exact) mass is 185 g/mol. The van der Waals surface area contributed by atoms with Crippen molar-refractivity contribution < 1.29 is 4.92 Å². The summed E-state index contributed by atoms with van der Waals surface area (Å²) >= 11 is 5.55. The first-order valence-electron chi connectivity index (χ1n) is 3.09. The van der Waals surface area contributed by atoms with Gasteiger partial charge in [0.15, 0.2) is 0 Å². The summed E-state index contributed by atoms with van der Waals surface area (Å²) < 4.78 is 0. The lowest BCUT2D eigenvalue weighted by Gasteiger charge is -1.92. The first kappa shape index (κ1) is 10.7. The average Bonchev–Trinajstić information content (AvgIpc) is 1.99. The molecule has 0 radical (unpaired) electrons. The number of nitro groups is 1. The van der Waals surface area contributed by atoms with E-state index in [1.165, 1.54) is 24.3 Å². The Morgan fingerprint density at radius 1 is 1.33 bits per heavy atom. The van der Waals surface area contributed by atoms with Gasteiger partial charge in [0, 0.05) is 6.08 Å². The van der Waals surface area contributed by atoms with E-state index in [2.05, 4.69) is 13.2 Å². The second kappa shape index (κ2) is 5.32. The van der Waals surface area contributed by atoms with E-state index in [9.17, 15) is 10.1 Å². The van der Waals surface area contributed by atoms with Crippen molar-refractivity contribution in [2.45, 2.75) is 0 Å². The molecule has 0 aliphatic heterocycles. The molecule has 0 saturated carbocycles. The molecule has 0 rings (SSSR count). The molecule has 0 aromatic rings. The van der Waals surface area contributed by atoms with Crippen LogP contribution in [-0.2, 0) is 0 Å². The Bertz CT molecular complexity index is 266. The van der Waals surface area contributed by atoms with E-state index in [0.29, 0.717) is 0 Å². The molecule has 0 amide bonds. The molecule has 0 fully saturated rings. The molecular weight excluding hydrogens is 178 g/mol. The summed E-state index contributed by atoms with van der Waals surface area (Å²) in [6.45, 7) is 6.70. The van der Waals surface area contributed by atoms with Gasteiger partial charge in [-0.2, -0.15) is 0 Å². The lowest BCUT2D eigenvalue weighted by Crippen LogP contribution is -1.97. The Morgan fingerprint density at radius 2 is 1.83 bits per heavy atom. The molecule has 0 heterocycles. The van der Waals surface area contributed by atoms with Gasteiger partial charge in [0.2, 0.25) is 0 Å². The fraction of sp³-hybridized carbons (Fsp3) is 0. The minimum Gasteiger partial charge on any atom is -0.258 e. The van der Waals surface area contributed by atoms with E-state index in [1.54, 1.807) is 0 Å². The van der Waals surface area contributed by atoms with Gasteiger partial charge in [-0.3, -0.25) is 10.1 Å². The van der Waals surface area contributed by atoms with Crippen molar-refractivity contribution in [3.05, 3.63) is 58.3 Å². The molecule has 0 unspecified atom stereocenters. The molecule has 0 aliphatic carbocycles. The van der Waals surface area contributed by atoms with Crippen LogP contribution in [-0.4, -0.2) is 4.92 Å². The number of hydrogen-bond donors (Lipinski definition) is 0. The van der Waals surface area contributed by atoms with Crippen LogP contribution in [0.15, 0.2) is 48.2 Å². The fourth-order valence-corrected chi connectivity index (χ4v) is 0.749. The average molecular weight is 186 g/mol. The van der Waals surface area contributed by atoms with Gasteiger partial charge in [0.1, 0.15) is 5.03 Å². The van der Waals surface area contributed by atoms with Gasteiger partial charge in [-0.15, -0.1) is 0 Å². The van der Waals surface area contributed by atoms with Crippen LogP contribution in [0, 0.1) is 10.1 Å². The topological polar surface area (TPSA) is 43.1 Å². The maximum atomic E-state index is 10.3. The van der Waals surface area contributed by atoms with Gasteiger partial charge in [-0.25, -0.2) is 0 Å². The standard InChI is InChI=1S/C8H8ClNO2/c1-3-5-7(9)8(6-4-2)10(11)12/h3-6H,1-2H2/b7-5+,8-6+. The molecule has 64 valence electrons. The molecular formula is C8H8ClNO2. The lowest BCUT2D eigenvalue weighted by atomic mass is 10.3. The van der Waals surface area contributed by atoms with Gasteiger partial charge < -0.3 is 0 Å². The highest BCUT2D eigenvalue weighted by Crippen LogP contribution is 2.15. The summed E-state index contributed by atoms with van der Waals surface area (Å²) in [5.74, 6) is 0. The first-order chi connectivity index (χ1) is 5.63. The summed E-state index contributed by atoms with van der Waals surface area (Å²) in [6.07, 6.45) is 5.25. The highest BCUT2D eigenvalue weighted by atomic mass is 35.5. The van der Waals surface area contributed by atoms with E-state index in [0.717, 1.165) is 0 Å². The van der Waals surface area contributed by atoms with Crippen LogP contribution in [0.5, 0.6) is 0 Å². The predicted molar refractivity (Wildman–Crippen MR) is 49.4 cm³/mol. The van der Waals surface area contributed by atoms with E-state index in [-0.39, 0.29) is 10.7 Å². The SMILES string of the molecule is C=C/C=C(Cl)\C(=C/C=C)[N+](=O)[O-]. The molecule has 0 aliphatic rings. The van der Waals surface area contributed by atoms with Crippen LogP contribution in [0.3, 0.4) is 0 Å². The number of halogens is 1. The maximum Gasteiger partial charge on any atom is 0.287 e. The third-order valence-electron chi connectivity index (χ3n) is 0.981. The molecule has 3 nitrogen and oxygen atoms in total. The van der Waals surface area contributed by atoms with Crippen molar-refractivity contribution in [3.8, 4) is 0 Å². The maximum absolute atomic E-state index is 10.3. The molecule has 4 heteroatoms. The molecule has 0 aromatic carbocycles. The molecule has 0 saturated heterocycles. The normalized spacial score (nSPS) is 12.4. The van der Waals surface area contributed by atoms with Crippen molar-refractivity contribution >= 4 is 11.6 Å². The zero-order valence-electron chi connectivity index (χ0n) is 6.37. The molecule has 0 spiro atoms. The fourth-order valence-electron chi connectivity index (χ4n) is 0.528. The van der Waals surface area contributed by atoms with E-state index < -0.39 is 4.92 Å². The zero-order valence-corrected chi connectivity index (χ0v) is 7.12. The first-order valence-corrected chi connectivity index (χ1v) is 3.47. The predicted octanol–water partition coefficient (Wildman–Crippen LogP) is 2.64. The Morgan fingerprint density at radius 3 is 2.17 bits per heavy atom. The van der Waals surface area contributed by atoms with Gasteiger partial charge in [0.05, 0.1) is 4.92 Å². The Labute approximate surface area is 75.5 Å². The van der Waals surface area contributed by atoms with Gasteiger partial charge in [-0.05, 0) is 6.08 Å². The van der Waals surface area contributed by atoms with Crippen LogP contribution >= 0.6 is 11.6 Å². The van der Waals surface area contributed by atoms with E-state index in [4.69, 9.17) is 11.6 Å². The Balaban J connectivity index is 4.87. The highest BCUT2D eigenvalue weighted by Gasteiger charge is 2.12. The number of hydrogen-bond acceptors (Lipinski definition) is 2. The summed E-state index contributed by atoms with van der Waals surface area (Å²) in [4.78, 5) is 9.76. The Hall–Kier alpha value is -1.35. The number of nitrogens with zero attached hydrogens (tertiary/aromatic N) is 1. The van der Waals surface area contributed by atoms with Crippen LogP contribution in [0.25, 0.3) is 0 Å². The van der Waals surface area contributed by atoms with Crippen molar-refractivity contribution in [2.24, 2.45) is 0 Å². The number of allylic oxidation sites excluding steroid dienone is 5. The second-order valence-electron chi connectivity index (χ2n) is 1.80. The molecule has 0 bridgehead atoms. The summed E-state index contributed by atoms with van der Waals surface area (Å²) in [5, 5.41) is 10.4. The van der Waals surface area contributed by atoms with Gasteiger partial charge in [-0.1, -0.05) is 36.9 Å². The van der Waals surface area contributed by atoms with Crippen molar-refractivity contribution in [3.63, 3.8) is 0 Å². The highest BCUT2D eigenvalue weighted by molar-refractivity contribution is 6.31. The summed E-state index contributed by atoms with van der Waals surface area (Å²) in [7, 11) is 0. The van der Waals surface area contributed by atoms with Crippen LogP contribution in [0.4, 0.5) is 0 Å². The minimum atomic E-state index is -0.579. The van der Waals surface area contributed by atoms with Crippen LogP contribution < -0.4 is 0 Å². The van der Waals surface area contributed by atoms with Crippen LogP contribution in [0.1, 0.15) is 0 Å². The van der Waals surface area contributed by atoms with Crippen molar-refractivity contribution in [1.29, 1.82) is 0 Å². The molecule has 0 N–H and O–H groups in total. The second-order valence-corrected chi connectivity index (χ2v) is 2.20. The largest absolute Gasteiger partial charge is 0.287 e. The summed E-state index contributed by atoms with van der Waals surface area (Å²) in [6, 6.07) is 0. The van der Waals surface area contributed by atoms with Gasteiger partial charge in [0.25, 0.3) is 5.70 Å². The third kappa shape index (κ3) is 3.16. The van der Waals surface area contributed by atoms with Crippen molar-refractivity contribution in [2.75, 3.05) is 0 Å². The quantitative estimate of drug-likeness (QED) is 0.384. The molecule has 0 atom stereocenters. The third-order valence-corrected chi connectivity index (χ3v) is 1.30. The summed E-state index contributed by atoms with van der Waals surface area (Å²) in [5.41, 5.74) is -0.188. The Kier molecular flexibility index (Phi) is 4.72. The minimum absolute atomic E-state index is 0.0369. The smallest absolute Gasteiger partial charge is 0.258 e. The van der Waals surface area contributed by atoms with Crippen LogP contribution in [0.2, 0.25) is 0 Å². The number of rotatable bonds is 4. The zero-order chi connectivity index (χ0) is 9.56. The van der Waals surface area contributed by atoms with E-state index >= 15 is 0 Å². The van der Waals surface area contributed by atoms with Crippen molar-refractivity contribution in [1.82, 2.24) is 0 Å². The molecule has 0 aromatic heterocycles. The molecule has 12 heavy (non-hydrogen) atoms. The lowest BCUT2D eigenvalue weighted by molar-refractivity contribution is -0.419. The van der Waals surface area contributed by atoms with Gasteiger partial charge >= 0.3 is 0 Å². The van der Waals surface area contributed by atoms with E-state index in [1.807, 2.05) is 0 Å².